The van der Waals surface area contributed by atoms with E-state index in [9.17, 15) is 13.2 Å². The van der Waals surface area contributed by atoms with Gasteiger partial charge in [-0.25, -0.2) is 12.7 Å². The van der Waals surface area contributed by atoms with Gasteiger partial charge in [-0.15, -0.1) is 0 Å². The second kappa shape index (κ2) is 6.40. The number of carbonyl (C=O) groups excluding carboxylic acids is 1. The highest BCUT2D eigenvalue weighted by Gasteiger charge is 2.18. The number of nitrogens with zero attached hydrogens (tertiary/aromatic N) is 1. The van der Waals surface area contributed by atoms with E-state index in [1.807, 2.05) is 13.2 Å². The van der Waals surface area contributed by atoms with E-state index < -0.39 is 10.0 Å². The molecule has 1 aromatic carbocycles. The molecule has 0 radical (unpaired) electrons. The van der Waals surface area contributed by atoms with E-state index in [1.54, 1.807) is 6.07 Å². The minimum Gasteiger partial charge on any atom is -0.325 e. The highest BCUT2D eigenvalue weighted by atomic mass is 32.2. The zero-order valence-electron chi connectivity index (χ0n) is 11.4. The van der Waals surface area contributed by atoms with Crippen molar-refractivity contribution in [2.24, 2.45) is 0 Å². The predicted octanol–water partition coefficient (Wildman–Crippen LogP) is 1.55. The van der Waals surface area contributed by atoms with Crippen LogP contribution in [0.1, 0.15) is 5.56 Å². The Bertz CT molecular complexity index is 568. The Kier molecular flexibility index (Phi) is 5.39. The summed E-state index contributed by atoms with van der Waals surface area (Å²) in [6, 6.07) is 4.71. The van der Waals surface area contributed by atoms with Crippen molar-refractivity contribution in [1.82, 2.24) is 4.31 Å². The van der Waals surface area contributed by atoms with Gasteiger partial charge in [0, 0.05) is 19.8 Å². The molecule has 0 aliphatic carbocycles. The summed E-state index contributed by atoms with van der Waals surface area (Å²) >= 11 is 1.41. The lowest BCUT2D eigenvalue weighted by atomic mass is 10.2. The van der Waals surface area contributed by atoms with Crippen molar-refractivity contribution in [1.29, 1.82) is 0 Å². The number of nitrogens with one attached hydrogen (secondary N) is 1. The number of carbonyl (C=O) groups is 1. The van der Waals surface area contributed by atoms with E-state index >= 15 is 0 Å². The fourth-order valence-electron chi connectivity index (χ4n) is 1.42. The van der Waals surface area contributed by atoms with Crippen molar-refractivity contribution in [2.45, 2.75) is 11.8 Å². The molecule has 0 saturated carbocycles. The molecule has 0 bridgehead atoms. The number of hydrogen-bond acceptors (Lipinski definition) is 4. The topological polar surface area (TPSA) is 66.5 Å². The second-order valence-corrected chi connectivity index (χ2v) is 7.26. The average molecular weight is 302 g/mol. The lowest BCUT2D eigenvalue weighted by Gasteiger charge is -2.14. The first-order valence-electron chi connectivity index (χ1n) is 5.61. The maximum absolute atomic E-state index is 12.0. The predicted molar refractivity (Wildman–Crippen MR) is 79.1 cm³/mol. The van der Waals surface area contributed by atoms with Gasteiger partial charge in [0.05, 0.1) is 10.6 Å². The lowest BCUT2D eigenvalue weighted by molar-refractivity contribution is -0.113. The van der Waals surface area contributed by atoms with Crippen LogP contribution in [0.3, 0.4) is 0 Å². The average Bonchev–Trinajstić information content (AvgIpc) is 2.31. The fraction of sp³-hybridized carbons (Fsp3) is 0.417. The van der Waals surface area contributed by atoms with Crippen molar-refractivity contribution in [2.75, 3.05) is 31.4 Å². The summed E-state index contributed by atoms with van der Waals surface area (Å²) in [4.78, 5) is 11.7. The minimum atomic E-state index is -3.49. The third-order valence-electron chi connectivity index (χ3n) is 2.54. The third kappa shape index (κ3) is 3.95. The number of anilines is 1. The normalized spacial score (nSPS) is 11.6. The summed E-state index contributed by atoms with van der Waals surface area (Å²) in [7, 11) is -0.541. The van der Waals surface area contributed by atoms with Crippen molar-refractivity contribution in [3.63, 3.8) is 0 Å². The van der Waals surface area contributed by atoms with Crippen LogP contribution in [0.15, 0.2) is 23.1 Å². The van der Waals surface area contributed by atoms with Gasteiger partial charge >= 0.3 is 0 Å². The Morgan fingerprint density at radius 1 is 1.37 bits per heavy atom. The van der Waals surface area contributed by atoms with Crippen molar-refractivity contribution in [3.05, 3.63) is 23.8 Å². The van der Waals surface area contributed by atoms with Gasteiger partial charge < -0.3 is 5.32 Å². The number of sulfonamides is 1. The smallest absolute Gasteiger partial charge is 0.242 e. The standard InChI is InChI=1S/C12H18N2O3S2/c1-9-5-6-10(19(16,17)14(2)3)7-11(9)13-12(15)8-18-4/h5-7H,8H2,1-4H3,(H,13,15). The number of aryl methyl sites for hydroxylation is 1. The third-order valence-corrected chi connectivity index (χ3v) is 4.90. The summed E-state index contributed by atoms with van der Waals surface area (Å²) in [5.74, 6) is 0.194. The quantitative estimate of drug-likeness (QED) is 0.896. The van der Waals surface area contributed by atoms with Crippen LogP contribution in [0.4, 0.5) is 5.69 Å². The van der Waals surface area contributed by atoms with Gasteiger partial charge in [-0.05, 0) is 30.9 Å². The summed E-state index contributed by atoms with van der Waals surface area (Å²) in [5, 5.41) is 2.72. The number of hydrogen-bond donors (Lipinski definition) is 1. The number of amides is 1. The Morgan fingerprint density at radius 2 is 2.00 bits per heavy atom. The molecule has 0 saturated heterocycles. The Labute approximate surface area is 118 Å². The number of rotatable bonds is 5. The van der Waals surface area contributed by atoms with Crippen LogP contribution in [-0.2, 0) is 14.8 Å². The summed E-state index contributed by atoms with van der Waals surface area (Å²) in [5.41, 5.74) is 1.36. The molecular weight excluding hydrogens is 284 g/mol. The molecule has 1 rings (SSSR count). The van der Waals surface area contributed by atoms with Crippen molar-refractivity contribution < 1.29 is 13.2 Å². The molecule has 0 heterocycles. The van der Waals surface area contributed by atoms with Gasteiger partial charge in [0.25, 0.3) is 0 Å². The lowest BCUT2D eigenvalue weighted by Crippen LogP contribution is -2.22. The molecule has 19 heavy (non-hydrogen) atoms. The summed E-state index contributed by atoms with van der Waals surface area (Å²) in [6.45, 7) is 1.82. The molecule has 0 unspecified atom stereocenters. The molecule has 106 valence electrons. The molecule has 1 N–H and O–H groups in total. The fourth-order valence-corrected chi connectivity index (χ4v) is 2.69. The zero-order valence-corrected chi connectivity index (χ0v) is 13.1. The Balaban J connectivity index is 3.11. The molecule has 0 aliphatic heterocycles. The van der Waals surface area contributed by atoms with Gasteiger partial charge in [-0.2, -0.15) is 11.8 Å². The van der Waals surface area contributed by atoms with E-state index in [2.05, 4.69) is 5.32 Å². The molecule has 5 nitrogen and oxygen atoms in total. The van der Waals surface area contributed by atoms with Crippen LogP contribution in [0.5, 0.6) is 0 Å². The van der Waals surface area contributed by atoms with Crippen LogP contribution in [-0.4, -0.2) is 44.7 Å². The van der Waals surface area contributed by atoms with Gasteiger partial charge in [-0.1, -0.05) is 6.07 Å². The molecule has 0 aromatic heterocycles. The monoisotopic (exact) mass is 302 g/mol. The van der Waals surface area contributed by atoms with Crippen molar-refractivity contribution >= 4 is 33.4 Å². The molecule has 1 amide bonds. The van der Waals surface area contributed by atoms with Crippen LogP contribution in [0.2, 0.25) is 0 Å². The van der Waals surface area contributed by atoms with Gasteiger partial charge in [0.15, 0.2) is 0 Å². The summed E-state index contributed by atoms with van der Waals surface area (Å²) in [6.07, 6.45) is 1.83. The Hall–Kier alpha value is -1.05. The number of benzene rings is 1. The van der Waals surface area contributed by atoms with E-state index in [1.165, 1.54) is 38.0 Å². The SMILES string of the molecule is CSCC(=O)Nc1cc(S(=O)(=O)N(C)C)ccc1C. The number of thioether (sulfide) groups is 1. The molecule has 0 fully saturated rings. The highest BCUT2D eigenvalue weighted by molar-refractivity contribution is 7.99. The second-order valence-electron chi connectivity index (χ2n) is 4.25. The zero-order chi connectivity index (χ0) is 14.6. The minimum absolute atomic E-state index is 0.144. The molecule has 0 aliphatic rings. The van der Waals surface area contributed by atoms with Gasteiger partial charge in [-0.3, -0.25) is 4.79 Å². The molecular formula is C12H18N2O3S2. The first-order chi connectivity index (χ1) is 8.78. The molecule has 0 atom stereocenters. The van der Waals surface area contributed by atoms with Gasteiger partial charge in [0.1, 0.15) is 0 Å². The largest absolute Gasteiger partial charge is 0.325 e. The van der Waals surface area contributed by atoms with Crippen LogP contribution in [0, 0.1) is 6.92 Å². The van der Waals surface area contributed by atoms with Gasteiger partial charge in [0.2, 0.25) is 15.9 Å². The first kappa shape index (κ1) is 16.0. The molecule has 1 aromatic rings. The van der Waals surface area contributed by atoms with E-state index in [0.29, 0.717) is 11.4 Å². The highest BCUT2D eigenvalue weighted by Crippen LogP contribution is 2.22. The first-order valence-corrected chi connectivity index (χ1v) is 8.44. The van der Waals surface area contributed by atoms with E-state index in [0.717, 1.165) is 9.87 Å². The Morgan fingerprint density at radius 3 is 2.53 bits per heavy atom. The van der Waals surface area contributed by atoms with E-state index in [-0.39, 0.29) is 10.8 Å². The van der Waals surface area contributed by atoms with E-state index in [4.69, 9.17) is 0 Å². The summed E-state index contributed by atoms with van der Waals surface area (Å²) < 4.78 is 25.2. The van der Waals surface area contributed by atoms with Crippen LogP contribution in [0.25, 0.3) is 0 Å². The maximum atomic E-state index is 12.0. The molecule has 7 heteroatoms. The van der Waals surface area contributed by atoms with Crippen molar-refractivity contribution in [3.8, 4) is 0 Å². The van der Waals surface area contributed by atoms with Crippen LogP contribution >= 0.6 is 11.8 Å². The van der Waals surface area contributed by atoms with Crippen LogP contribution < -0.4 is 5.32 Å². The maximum Gasteiger partial charge on any atom is 0.242 e. The molecule has 0 spiro atoms.